The lowest BCUT2D eigenvalue weighted by Gasteiger charge is -2.30. The standard InChI is InChI=1S/C11H19N3O4S2/c1-4-11(5-2,6-12)14-20(16,17)10-8(9(15)18-3)13-7-19-10/h7,14H,4-6,12H2,1-3H3. The van der Waals surface area contributed by atoms with Crippen LogP contribution in [0.15, 0.2) is 9.72 Å². The Hall–Kier alpha value is -1.03. The molecule has 0 saturated carbocycles. The average molecular weight is 321 g/mol. The van der Waals surface area contributed by atoms with Crippen LogP contribution in [-0.4, -0.2) is 38.6 Å². The molecule has 0 unspecified atom stereocenters. The second-order valence-corrected chi connectivity index (χ2v) is 7.01. The fourth-order valence-electron chi connectivity index (χ4n) is 1.71. The molecule has 0 aliphatic heterocycles. The summed E-state index contributed by atoms with van der Waals surface area (Å²) in [5.74, 6) is -0.780. The highest BCUT2D eigenvalue weighted by Crippen LogP contribution is 2.24. The lowest BCUT2D eigenvalue weighted by Crippen LogP contribution is -2.52. The van der Waals surface area contributed by atoms with Gasteiger partial charge in [0.1, 0.15) is 0 Å². The van der Waals surface area contributed by atoms with E-state index in [0.717, 1.165) is 11.3 Å². The number of ether oxygens (including phenoxy) is 1. The van der Waals surface area contributed by atoms with Crippen molar-refractivity contribution in [2.24, 2.45) is 5.73 Å². The first-order valence-electron chi connectivity index (χ1n) is 6.11. The van der Waals surface area contributed by atoms with Crippen molar-refractivity contribution in [1.82, 2.24) is 9.71 Å². The van der Waals surface area contributed by atoms with Crippen LogP contribution in [0.5, 0.6) is 0 Å². The number of thiazole rings is 1. The second kappa shape index (κ2) is 6.61. The van der Waals surface area contributed by atoms with Crippen molar-refractivity contribution in [2.75, 3.05) is 13.7 Å². The van der Waals surface area contributed by atoms with Gasteiger partial charge in [0.05, 0.1) is 12.6 Å². The Morgan fingerprint density at radius 1 is 1.50 bits per heavy atom. The number of nitrogens with two attached hydrogens (primary N) is 1. The fourth-order valence-corrected chi connectivity index (χ4v) is 4.40. The van der Waals surface area contributed by atoms with Crippen molar-refractivity contribution < 1.29 is 17.9 Å². The molecule has 9 heteroatoms. The average Bonchev–Trinajstić information content (AvgIpc) is 2.94. The Morgan fingerprint density at radius 3 is 2.55 bits per heavy atom. The van der Waals surface area contributed by atoms with Gasteiger partial charge in [0, 0.05) is 12.1 Å². The second-order valence-electron chi connectivity index (χ2n) is 4.28. The quantitative estimate of drug-likeness (QED) is 0.716. The highest BCUT2D eigenvalue weighted by Gasteiger charge is 2.34. The third-order valence-electron chi connectivity index (χ3n) is 3.25. The Morgan fingerprint density at radius 2 is 2.10 bits per heavy atom. The molecule has 0 saturated heterocycles. The maximum Gasteiger partial charge on any atom is 0.358 e. The molecule has 0 fully saturated rings. The van der Waals surface area contributed by atoms with Crippen LogP contribution in [0.4, 0.5) is 0 Å². The van der Waals surface area contributed by atoms with E-state index in [2.05, 4.69) is 14.4 Å². The van der Waals surface area contributed by atoms with Crippen molar-refractivity contribution in [3.8, 4) is 0 Å². The third kappa shape index (κ3) is 3.35. The molecule has 1 aromatic heterocycles. The molecule has 0 aromatic carbocycles. The molecule has 0 aliphatic carbocycles. The molecule has 20 heavy (non-hydrogen) atoms. The van der Waals surface area contributed by atoms with Crippen LogP contribution in [-0.2, 0) is 14.8 Å². The number of rotatable bonds is 7. The molecule has 0 atom stereocenters. The predicted octanol–water partition coefficient (Wildman–Crippen LogP) is 0.725. The summed E-state index contributed by atoms with van der Waals surface area (Å²) in [6, 6.07) is 0. The van der Waals surface area contributed by atoms with Crippen molar-refractivity contribution in [3.63, 3.8) is 0 Å². The van der Waals surface area contributed by atoms with Crippen LogP contribution in [0.3, 0.4) is 0 Å². The molecule has 0 amide bonds. The minimum atomic E-state index is -3.87. The summed E-state index contributed by atoms with van der Waals surface area (Å²) in [5.41, 5.74) is 6.05. The molecular formula is C11H19N3O4S2. The van der Waals surface area contributed by atoms with Gasteiger partial charge in [-0.05, 0) is 12.8 Å². The monoisotopic (exact) mass is 321 g/mol. The summed E-state index contributed by atoms with van der Waals surface area (Å²) in [5, 5.41) is 0. The number of esters is 1. The fraction of sp³-hybridized carbons (Fsp3) is 0.636. The summed E-state index contributed by atoms with van der Waals surface area (Å²) in [6.45, 7) is 3.88. The highest BCUT2D eigenvalue weighted by molar-refractivity contribution is 7.91. The van der Waals surface area contributed by atoms with Gasteiger partial charge in [-0.15, -0.1) is 11.3 Å². The summed E-state index contributed by atoms with van der Waals surface area (Å²) in [6.07, 6.45) is 1.09. The van der Waals surface area contributed by atoms with Crippen molar-refractivity contribution in [1.29, 1.82) is 0 Å². The summed E-state index contributed by atoms with van der Waals surface area (Å²) >= 11 is 0.869. The molecule has 0 bridgehead atoms. The number of nitrogens with zero attached hydrogens (tertiary/aromatic N) is 1. The topological polar surface area (TPSA) is 111 Å². The Balaban J connectivity index is 3.18. The zero-order valence-corrected chi connectivity index (χ0v) is 13.3. The van der Waals surface area contributed by atoms with Gasteiger partial charge < -0.3 is 10.5 Å². The van der Waals surface area contributed by atoms with E-state index >= 15 is 0 Å². The van der Waals surface area contributed by atoms with Crippen molar-refractivity contribution >= 4 is 27.3 Å². The number of hydrogen-bond acceptors (Lipinski definition) is 7. The van der Waals surface area contributed by atoms with E-state index in [-0.39, 0.29) is 16.4 Å². The van der Waals surface area contributed by atoms with Gasteiger partial charge in [-0.3, -0.25) is 0 Å². The molecular weight excluding hydrogens is 302 g/mol. The molecule has 7 nitrogen and oxygen atoms in total. The van der Waals surface area contributed by atoms with Crippen LogP contribution >= 0.6 is 11.3 Å². The van der Waals surface area contributed by atoms with E-state index < -0.39 is 21.5 Å². The van der Waals surface area contributed by atoms with Crippen LogP contribution < -0.4 is 10.5 Å². The summed E-state index contributed by atoms with van der Waals surface area (Å²) in [7, 11) is -2.70. The molecule has 1 aromatic rings. The largest absolute Gasteiger partial charge is 0.464 e. The SMILES string of the molecule is CCC(CC)(CN)NS(=O)(=O)c1scnc1C(=O)OC. The van der Waals surface area contributed by atoms with Gasteiger partial charge >= 0.3 is 5.97 Å². The molecule has 0 radical (unpaired) electrons. The number of aromatic nitrogens is 1. The maximum absolute atomic E-state index is 12.4. The smallest absolute Gasteiger partial charge is 0.358 e. The Bertz CT molecular complexity index is 556. The first-order valence-corrected chi connectivity index (χ1v) is 8.48. The van der Waals surface area contributed by atoms with Crippen molar-refractivity contribution in [3.05, 3.63) is 11.2 Å². The number of carbonyl (C=O) groups excluding carboxylic acids is 1. The van der Waals surface area contributed by atoms with E-state index in [0.29, 0.717) is 12.8 Å². The first-order chi connectivity index (χ1) is 9.35. The Kier molecular flexibility index (Phi) is 5.63. The van der Waals surface area contributed by atoms with Crippen LogP contribution in [0.2, 0.25) is 0 Å². The van der Waals surface area contributed by atoms with Gasteiger partial charge in [-0.1, -0.05) is 13.8 Å². The zero-order chi connectivity index (χ0) is 15.4. The predicted molar refractivity (Wildman–Crippen MR) is 76.1 cm³/mol. The molecule has 0 aliphatic rings. The maximum atomic E-state index is 12.4. The highest BCUT2D eigenvalue weighted by atomic mass is 32.2. The number of nitrogens with one attached hydrogen (secondary N) is 1. The van der Waals surface area contributed by atoms with E-state index in [1.807, 2.05) is 13.8 Å². The number of carbonyl (C=O) groups is 1. The van der Waals surface area contributed by atoms with E-state index in [1.165, 1.54) is 12.6 Å². The molecule has 0 spiro atoms. The third-order valence-corrected chi connectivity index (χ3v) is 6.20. The molecule has 1 rings (SSSR count). The minimum absolute atomic E-state index is 0.149. The molecule has 3 N–H and O–H groups in total. The van der Waals surface area contributed by atoms with E-state index in [1.54, 1.807) is 0 Å². The lowest BCUT2D eigenvalue weighted by atomic mass is 9.95. The van der Waals surface area contributed by atoms with E-state index in [4.69, 9.17) is 5.73 Å². The van der Waals surface area contributed by atoms with Crippen LogP contribution in [0.25, 0.3) is 0 Å². The van der Waals surface area contributed by atoms with Gasteiger partial charge in [0.15, 0.2) is 9.90 Å². The number of sulfonamides is 1. The summed E-state index contributed by atoms with van der Waals surface area (Å²) in [4.78, 5) is 15.3. The number of hydrogen-bond donors (Lipinski definition) is 2. The van der Waals surface area contributed by atoms with Gasteiger partial charge in [-0.2, -0.15) is 0 Å². The zero-order valence-electron chi connectivity index (χ0n) is 11.7. The Labute approximate surface area is 122 Å². The minimum Gasteiger partial charge on any atom is -0.464 e. The summed E-state index contributed by atoms with van der Waals surface area (Å²) < 4.78 is 31.8. The van der Waals surface area contributed by atoms with Crippen LogP contribution in [0, 0.1) is 0 Å². The van der Waals surface area contributed by atoms with Gasteiger partial charge in [0.25, 0.3) is 10.0 Å². The van der Waals surface area contributed by atoms with Gasteiger partial charge in [0.2, 0.25) is 0 Å². The van der Waals surface area contributed by atoms with Crippen LogP contribution in [0.1, 0.15) is 37.2 Å². The van der Waals surface area contributed by atoms with E-state index in [9.17, 15) is 13.2 Å². The molecule has 114 valence electrons. The van der Waals surface area contributed by atoms with Gasteiger partial charge in [-0.25, -0.2) is 22.9 Å². The van der Waals surface area contributed by atoms with Crippen molar-refractivity contribution in [2.45, 2.75) is 36.4 Å². The number of methoxy groups -OCH3 is 1. The lowest BCUT2D eigenvalue weighted by molar-refractivity contribution is 0.0590. The molecule has 1 heterocycles. The first kappa shape index (κ1) is 17.0. The normalized spacial score (nSPS) is 12.4.